The summed E-state index contributed by atoms with van der Waals surface area (Å²) in [6.45, 7) is 8.52. The Morgan fingerprint density at radius 1 is 1.14 bits per heavy atom. The maximum absolute atomic E-state index is 4.85. The van der Waals surface area contributed by atoms with Gasteiger partial charge in [-0.2, -0.15) is 0 Å². The fraction of sp³-hybridized carbons (Fsp3) is 0.227. The number of aryl methyl sites for hydroxylation is 1. The molecule has 4 aromatic heterocycles. The van der Waals surface area contributed by atoms with Crippen LogP contribution in [0.25, 0.3) is 16.2 Å². The summed E-state index contributed by atoms with van der Waals surface area (Å²) in [6, 6.07) is 7.85. The van der Waals surface area contributed by atoms with Gasteiger partial charge in [-0.15, -0.1) is 11.3 Å². The fourth-order valence-corrected chi connectivity index (χ4v) is 3.90. The van der Waals surface area contributed by atoms with Gasteiger partial charge in [-0.3, -0.25) is 9.38 Å². The molecule has 0 amide bonds. The Kier molecular flexibility index (Phi) is 4.62. The first-order chi connectivity index (χ1) is 13.4. The number of thiophene rings is 1. The van der Waals surface area contributed by atoms with E-state index in [4.69, 9.17) is 4.98 Å². The van der Waals surface area contributed by atoms with Gasteiger partial charge in [-0.25, -0.2) is 9.97 Å². The number of pyridine rings is 1. The summed E-state index contributed by atoms with van der Waals surface area (Å²) in [7, 11) is 0. The third-order valence-corrected chi connectivity index (χ3v) is 5.19. The number of nitrogens with one attached hydrogen (secondary N) is 1. The molecular weight excluding hydrogens is 366 g/mol. The van der Waals surface area contributed by atoms with Crippen molar-refractivity contribution in [2.75, 3.05) is 5.32 Å². The van der Waals surface area contributed by atoms with Crippen molar-refractivity contribution in [1.82, 2.24) is 19.4 Å². The fourth-order valence-electron chi connectivity index (χ4n) is 2.88. The Hall–Kier alpha value is -3.17. The van der Waals surface area contributed by atoms with Gasteiger partial charge < -0.3 is 5.32 Å². The van der Waals surface area contributed by atoms with E-state index in [0.717, 1.165) is 38.2 Å². The molecule has 0 aromatic carbocycles. The topological polar surface area (TPSA) is 55.1 Å². The summed E-state index contributed by atoms with van der Waals surface area (Å²) in [6.07, 6.45) is 7.24. The van der Waals surface area contributed by atoms with Crippen molar-refractivity contribution in [1.29, 1.82) is 0 Å². The summed E-state index contributed by atoms with van der Waals surface area (Å²) in [4.78, 5) is 15.4. The molecule has 0 bridgehead atoms. The minimum atomic E-state index is -0.0965. The van der Waals surface area contributed by atoms with E-state index in [9.17, 15) is 0 Å². The van der Waals surface area contributed by atoms with Crippen LogP contribution in [0, 0.1) is 18.8 Å². The number of rotatable bonds is 2. The number of imidazole rings is 1. The van der Waals surface area contributed by atoms with E-state index >= 15 is 0 Å². The standard InChI is InChI=1S/C22H21N5S/c1-15-13-17(9-8-16-7-5-6-10-24-16)28-20(15)19-21(26-22(2,3)4)27-12-11-23-14-18(27)25-19/h5-7,10-14,26H,1-4H3. The summed E-state index contributed by atoms with van der Waals surface area (Å²) < 4.78 is 2.05. The second kappa shape index (κ2) is 7.10. The van der Waals surface area contributed by atoms with Crippen LogP contribution in [0.5, 0.6) is 0 Å². The Labute approximate surface area is 168 Å². The Bertz CT molecular complexity index is 1190. The number of anilines is 1. The predicted octanol–water partition coefficient (Wildman–Crippen LogP) is 4.77. The van der Waals surface area contributed by atoms with Crippen LogP contribution in [-0.4, -0.2) is 24.9 Å². The molecule has 0 saturated carbocycles. The largest absolute Gasteiger partial charge is 0.365 e. The summed E-state index contributed by atoms with van der Waals surface area (Å²) >= 11 is 1.65. The highest BCUT2D eigenvalue weighted by Gasteiger charge is 2.21. The van der Waals surface area contributed by atoms with Gasteiger partial charge in [0.1, 0.15) is 17.2 Å². The zero-order chi connectivity index (χ0) is 19.7. The predicted molar refractivity (Wildman–Crippen MR) is 115 cm³/mol. The molecular formula is C22H21N5S. The SMILES string of the molecule is Cc1cc(C#Cc2ccccn2)sc1-c1nc2cnccn2c1NC(C)(C)C. The van der Waals surface area contributed by atoms with Crippen LogP contribution in [0.2, 0.25) is 0 Å². The quantitative estimate of drug-likeness (QED) is 0.503. The van der Waals surface area contributed by atoms with E-state index in [0.29, 0.717) is 0 Å². The van der Waals surface area contributed by atoms with Crippen LogP contribution < -0.4 is 5.32 Å². The lowest BCUT2D eigenvalue weighted by Gasteiger charge is -2.22. The molecule has 0 radical (unpaired) electrons. The van der Waals surface area contributed by atoms with E-state index in [1.165, 1.54) is 0 Å². The van der Waals surface area contributed by atoms with E-state index in [2.05, 4.69) is 60.9 Å². The number of hydrogen-bond donors (Lipinski definition) is 1. The van der Waals surface area contributed by atoms with Gasteiger partial charge in [0.2, 0.25) is 0 Å². The van der Waals surface area contributed by atoms with Crippen LogP contribution in [0.4, 0.5) is 5.82 Å². The molecule has 140 valence electrons. The van der Waals surface area contributed by atoms with Gasteiger partial charge in [-0.1, -0.05) is 6.07 Å². The van der Waals surface area contributed by atoms with Gasteiger partial charge in [0.25, 0.3) is 0 Å². The number of hydrogen-bond acceptors (Lipinski definition) is 5. The lowest BCUT2D eigenvalue weighted by molar-refractivity contribution is 0.629. The average molecular weight is 388 g/mol. The summed E-state index contributed by atoms with van der Waals surface area (Å²) in [5.41, 5.74) is 3.57. The van der Waals surface area contributed by atoms with Crippen LogP contribution in [0.3, 0.4) is 0 Å². The first-order valence-electron chi connectivity index (χ1n) is 9.05. The van der Waals surface area contributed by atoms with Crippen molar-refractivity contribution >= 4 is 22.8 Å². The van der Waals surface area contributed by atoms with Crippen LogP contribution in [0.1, 0.15) is 36.9 Å². The van der Waals surface area contributed by atoms with Crippen molar-refractivity contribution in [3.63, 3.8) is 0 Å². The van der Waals surface area contributed by atoms with Crippen molar-refractivity contribution in [2.24, 2.45) is 0 Å². The monoisotopic (exact) mass is 387 g/mol. The zero-order valence-corrected chi connectivity index (χ0v) is 17.1. The van der Waals surface area contributed by atoms with Gasteiger partial charge >= 0.3 is 0 Å². The van der Waals surface area contributed by atoms with Crippen LogP contribution in [0.15, 0.2) is 49.1 Å². The molecule has 4 rings (SSSR count). The smallest absolute Gasteiger partial charge is 0.157 e. The minimum absolute atomic E-state index is 0.0965. The highest BCUT2D eigenvalue weighted by Crippen LogP contribution is 2.37. The maximum Gasteiger partial charge on any atom is 0.157 e. The average Bonchev–Trinajstić information content (AvgIpc) is 3.20. The van der Waals surface area contributed by atoms with Crippen molar-refractivity contribution in [3.8, 4) is 22.4 Å². The minimum Gasteiger partial charge on any atom is -0.365 e. The molecule has 6 heteroatoms. The number of nitrogens with zero attached hydrogens (tertiary/aromatic N) is 4. The molecule has 0 spiro atoms. The van der Waals surface area contributed by atoms with E-state index in [1.54, 1.807) is 29.9 Å². The second-order valence-corrected chi connectivity index (χ2v) is 8.63. The number of aromatic nitrogens is 4. The molecule has 0 fully saturated rings. The molecule has 5 nitrogen and oxygen atoms in total. The highest BCUT2D eigenvalue weighted by atomic mass is 32.1. The van der Waals surface area contributed by atoms with Crippen molar-refractivity contribution < 1.29 is 0 Å². The lowest BCUT2D eigenvalue weighted by Crippen LogP contribution is -2.27. The highest BCUT2D eigenvalue weighted by molar-refractivity contribution is 7.16. The van der Waals surface area contributed by atoms with Crippen LogP contribution >= 0.6 is 11.3 Å². The molecule has 0 atom stereocenters. The van der Waals surface area contributed by atoms with E-state index in [1.807, 2.05) is 28.8 Å². The zero-order valence-electron chi connectivity index (χ0n) is 16.3. The van der Waals surface area contributed by atoms with Gasteiger partial charge in [0, 0.05) is 24.1 Å². The van der Waals surface area contributed by atoms with Gasteiger partial charge in [0.15, 0.2) is 5.65 Å². The molecule has 1 N–H and O–H groups in total. The van der Waals surface area contributed by atoms with Gasteiger partial charge in [0.05, 0.1) is 16.0 Å². The van der Waals surface area contributed by atoms with E-state index in [-0.39, 0.29) is 5.54 Å². The molecule has 0 saturated heterocycles. The lowest BCUT2D eigenvalue weighted by atomic mass is 10.1. The third-order valence-electron chi connectivity index (χ3n) is 4.04. The maximum atomic E-state index is 4.85. The normalized spacial score (nSPS) is 11.3. The van der Waals surface area contributed by atoms with Gasteiger partial charge in [-0.05, 0) is 63.3 Å². The molecule has 0 aliphatic carbocycles. The Balaban J connectivity index is 1.80. The molecule has 0 unspecified atom stereocenters. The first-order valence-corrected chi connectivity index (χ1v) is 9.86. The molecule has 28 heavy (non-hydrogen) atoms. The van der Waals surface area contributed by atoms with E-state index < -0.39 is 0 Å². The molecule has 4 aromatic rings. The van der Waals surface area contributed by atoms with Crippen molar-refractivity contribution in [3.05, 3.63) is 65.2 Å². The number of fused-ring (bicyclic) bond motifs is 1. The van der Waals surface area contributed by atoms with Crippen molar-refractivity contribution in [2.45, 2.75) is 33.2 Å². The molecule has 0 aliphatic rings. The Morgan fingerprint density at radius 3 is 2.75 bits per heavy atom. The summed E-state index contributed by atoms with van der Waals surface area (Å²) in [5.74, 6) is 7.33. The summed E-state index contributed by atoms with van der Waals surface area (Å²) in [5, 5.41) is 3.60. The second-order valence-electron chi connectivity index (χ2n) is 7.58. The Morgan fingerprint density at radius 2 is 2.00 bits per heavy atom. The first kappa shape index (κ1) is 18.2. The molecule has 0 aliphatic heterocycles. The third kappa shape index (κ3) is 3.75. The molecule has 4 heterocycles. The van der Waals surface area contributed by atoms with Crippen LogP contribution in [-0.2, 0) is 0 Å².